The summed E-state index contributed by atoms with van der Waals surface area (Å²) in [5.74, 6) is 0.869. The van der Waals surface area contributed by atoms with Gasteiger partial charge in [-0.3, -0.25) is 14.9 Å². The molecule has 1 spiro atoms. The third kappa shape index (κ3) is 2.06. The molecule has 2 aromatic carbocycles. The first kappa shape index (κ1) is 14.0. The van der Waals surface area contributed by atoms with Gasteiger partial charge in [-0.15, -0.1) is 0 Å². The second-order valence-electron chi connectivity index (χ2n) is 5.69. The van der Waals surface area contributed by atoms with E-state index >= 15 is 0 Å². The molecule has 0 saturated heterocycles. The number of rotatable bonds is 3. The number of nitro benzene ring substituents is 1. The van der Waals surface area contributed by atoms with Crippen molar-refractivity contribution in [2.45, 2.75) is 18.3 Å². The zero-order valence-corrected chi connectivity index (χ0v) is 12.6. The van der Waals surface area contributed by atoms with E-state index in [0.717, 1.165) is 24.1 Å². The van der Waals surface area contributed by atoms with Crippen LogP contribution < -0.4 is 10.1 Å². The molecule has 1 saturated carbocycles. The van der Waals surface area contributed by atoms with E-state index in [4.69, 9.17) is 16.3 Å². The van der Waals surface area contributed by atoms with Crippen molar-refractivity contribution in [2.24, 2.45) is 0 Å². The summed E-state index contributed by atoms with van der Waals surface area (Å²) in [5.41, 5.74) is 1.01. The zero-order chi connectivity index (χ0) is 16.2. The highest BCUT2D eigenvalue weighted by Gasteiger charge is 2.57. The lowest BCUT2D eigenvalue weighted by atomic mass is 9.97. The number of halogens is 1. The summed E-state index contributed by atoms with van der Waals surface area (Å²) in [5, 5.41) is 13.8. The van der Waals surface area contributed by atoms with Crippen molar-refractivity contribution in [1.82, 2.24) is 0 Å². The summed E-state index contributed by atoms with van der Waals surface area (Å²) in [6, 6.07) is 9.44. The van der Waals surface area contributed by atoms with Gasteiger partial charge in [-0.1, -0.05) is 17.7 Å². The normalized spacial score (nSPS) is 16.8. The number of nitro groups is 1. The van der Waals surface area contributed by atoms with Crippen LogP contribution in [0.3, 0.4) is 0 Å². The van der Waals surface area contributed by atoms with Crippen LogP contribution in [-0.4, -0.2) is 10.8 Å². The third-order valence-corrected chi connectivity index (χ3v) is 4.58. The lowest BCUT2D eigenvalue weighted by molar-refractivity contribution is -0.384. The van der Waals surface area contributed by atoms with Gasteiger partial charge in [0.1, 0.15) is 11.5 Å². The molecule has 1 fully saturated rings. The number of non-ortho nitro benzene ring substituents is 1. The molecule has 0 radical (unpaired) electrons. The predicted octanol–water partition coefficient (Wildman–Crippen LogP) is 4.02. The Balaban J connectivity index is 1.73. The molecule has 1 N–H and O–H groups in total. The first-order chi connectivity index (χ1) is 11.0. The Bertz CT molecular complexity index is 861. The maximum Gasteiger partial charge on any atom is 0.271 e. The summed E-state index contributed by atoms with van der Waals surface area (Å²) in [6.07, 6.45) is 1.58. The molecule has 6 nitrogen and oxygen atoms in total. The highest BCUT2D eigenvalue weighted by molar-refractivity contribution is 6.32. The molecule has 0 unspecified atom stereocenters. The van der Waals surface area contributed by atoms with Crippen LogP contribution in [0.4, 0.5) is 11.4 Å². The minimum Gasteiger partial charge on any atom is -0.455 e. The third-order valence-electron chi connectivity index (χ3n) is 4.28. The monoisotopic (exact) mass is 330 g/mol. The van der Waals surface area contributed by atoms with Gasteiger partial charge in [0.05, 0.1) is 15.4 Å². The number of fused-ring (bicyclic) bond motifs is 2. The van der Waals surface area contributed by atoms with Crippen molar-refractivity contribution in [3.63, 3.8) is 0 Å². The predicted molar refractivity (Wildman–Crippen MR) is 84.2 cm³/mol. The first-order valence-electron chi connectivity index (χ1n) is 7.08. The smallest absolute Gasteiger partial charge is 0.271 e. The fraction of sp³-hybridized carbons (Fsp3) is 0.188. The number of anilines is 1. The van der Waals surface area contributed by atoms with Crippen LogP contribution in [0.2, 0.25) is 5.02 Å². The van der Waals surface area contributed by atoms with E-state index in [2.05, 4.69) is 5.32 Å². The average Bonchev–Trinajstić information content (AvgIpc) is 3.25. The number of amides is 1. The number of nitrogens with one attached hydrogen (secondary N) is 1. The Hall–Kier alpha value is -2.60. The van der Waals surface area contributed by atoms with Gasteiger partial charge in [-0.2, -0.15) is 0 Å². The van der Waals surface area contributed by atoms with Crippen LogP contribution in [0.15, 0.2) is 36.4 Å². The Morgan fingerprint density at radius 1 is 1.22 bits per heavy atom. The quantitative estimate of drug-likeness (QED) is 0.680. The fourth-order valence-corrected chi connectivity index (χ4v) is 3.19. The molecule has 1 aliphatic carbocycles. The Labute approximate surface area is 136 Å². The Morgan fingerprint density at radius 2 is 2.00 bits per heavy atom. The summed E-state index contributed by atoms with van der Waals surface area (Å²) in [4.78, 5) is 22.4. The van der Waals surface area contributed by atoms with E-state index in [1.54, 1.807) is 12.1 Å². The number of hydrogen-bond donors (Lipinski definition) is 1. The molecule has 23 heavy (non-hydrogen) atoms. The van der Waals surface area contributed by atoms with Gasteiger partial charge in [0.25, 0.3) is 5.69 Å². The largest absolute Gasteiger partial charge is 0.455 e. The highest BCUT2D eigenvalue weighted by atomic mass is 35.5. The molecule has 2 aromatic rings. The summed E-state index contributed by atoms with van der Waals surface area (Å²) in [7, 11) is 0. The number of carbonyl (C=O) groups excluding carboxylic acids is 1. The Morgan fingerprint density at radius 3 is 2.65 bits per heavy atom. The molecule has 4 rings (SSSR count). The molecule has 7 heteroatoms. The van der Waals surface area contributed by atoms with Crippen LogP contribution in [0.25, 0.3) is 0 Å². The lowest BCUT2D eigenvalue weighted by Gasteiger charge is -2.13. The molecular formula is C16H11ClN2O4. The van der Waals surface area contributed by atoms with Crippen molar-refractivity contribution >= 4 is 28.9 Å². The second-order valence-corrected chi connectivity index (χ2v) is 6.10. The van der Waals surface area contributed by atoms with Crippen molar-refractivity contribution < 1.29 is 14.5 Å². The van der Waals surface area contributed by atoms with Gasteiger partial charge in [0.15, 0.2) is 0 Å². The van der Waals surface area contributed by atoms with E-state index in [-0.39, 0.29) is 16.6 Å². The van der Waals surface area contributed by atoms with Crippen molar-refractivity contribution in [3.05, 3.63) is 57.1 Å². The molecule has 2 aliphatic rings. The topological polar surface area (TPSA) is 81.5 Å². The van der Waals surface area contributed by atoms with E-state index in [1.807, 2.05) is 6.07 Å². The van der Waals surface area contributed by atoms with Gasteiger partial charge >= 0.3 is 0 Å². The molecule has 1 aliphatic heterocycles. The standard InChI is InChI=1S/C16H11ClN2O4/c17-10-8-9(19(21)22)4-5-12(10)23-13-3-1-2-11-14(13)16(6-7-16)15(20)18-11/h1-5,8H,6-7H2,(H,18,20). The van der Waals surface area contributed by atoms with Crippen LogP contribution in [0.5, 0.6) is 11.5 Å². The van der Waals surface area contributed by atoms with Crippen LogP contribution in [-0.2, 0) is 10.2 Å². The molecule has 0 aromatic heterocycles. The maximum absolute atomic E-state index is 12.1. The molecule has 0 atom stereocenters. The van der Waals surface area contributed by atoms with Crippen LogP contribution >= 0.6 is 11.6 Å². The number of ether oxygens (including phenoxy) is 1. The highest BCUT2D eigenvalue weighted by Crippen LogP contribution is 2.58. The molecule has 116 valence electrons. The summed E-state index contributed by atoms with van der Waals surface area (Å²) >= 11 is 6.08. The number of benzene rings is 2. The minimum absolute atomic E-state index is 0.00153. The van der Waals surface area contributed by atoms with Gasteiger partial charge < -0.3 is 10.1 Å². The maximum atomic E-state index is 12.1. The van der Waals surface area contributed by atoms with Gasteiger partial charge in [0.2, 0.25) is 5.91 Å². The Kier molecular flexibility index (Phi) is 2.86. The van der Waals surface area contributed by atoms with Crippen molar-refractivity contribution in [2.75, 3.05) is 5.32 Å². The second kappa shape index (κ2) is 4.70. The van der Waals surface area contributed by atoms with E-state index < -0.39 is 10.3 Å². The zero-order valence-electron chi connectivity index (χ0n) is 11.8. The minimum atomic E-state index is -0.516. The fourth-order valence-electron chi connectivity index (χ4n) is 2.98. The van der Waals surface area contributed by atoms with Crippen molar-refractivity contribution in [1.29, 1.82) is 0 Å². The van der Waals surface area contributed by atoms with Gasteiger partial charge in [0, 0.05) is 23.4 Å². The number of hydrogen-bond acceptors (Lipinski definition) is 4. The van der Waals surface area contributed by atoms with E-state index in [9.17, 15) is 14.9 Å². The summed E-state index contributed by atoms with van der Waals surface area (Å²) < 4.78 is 5.86. The first-order valence-corrected chi connectivity index (χ1v) is 7.46. The lowest BCUT2D eigenvalue weighted by Crippen LogP contribution is -2.18. The molecule has 1 amide bonds. The van der Waals surface area contributed by atoms with E-state index in [1.165, 1.54) is 18.2 Å². The van der Waals surface area contributed by atoms with Crippen LogP contribution in [0.1, 0.15) is 18.4 Å². The number of nitrogens with zero attached hydrogens (tertiary/aromatic N) is 1. The van der Waals surface area contributed by atoms with E-state index in [0.29, 0.717) is 11.5 Å². The summed E-state index contributed by atoms with van der Waals surface area (Å²) in [6.45, 7) is 0. The van der Waals surface area contributed by atoms with Gasteiger partial charge in [-0.05, 0) is 31.0 Å². The SMILES string of the molecule is O=C1Nc2cccc(Oc3ccc([N+](=O)[O-])cc3Cl)c2C12CC2. The van der Waals surface area contributed by atoms with Crippen LogP contribution in [0, 0.1) is 10.1 Å². The molecular weight excluding hydrogens is 320 g/mol. The number of carbonyl (C=O) groups is 1. The average molecular weight is 331 g/mol. The molecule has 1 heterocycles. The molecule has 0 bridgehead atoms. The van der Waals surface area contributed by atoms with Gasteiger partial charge in [-0.25, -0.2) is 0 Å². The van der Waals surface area contributed by atoms with Crippen molar-refractivity contribution in [3.8, 4) is 11.5 Å².